The number of hydrogen-bond donors (Lipinski definition) is 1. The highest BCUT2D eigenvalue weighted by Crippen LogP contribution is 2.35. The Labute approximate surface area is 135 Å². The third-order valence-electron chi connectivity index (χ3n) is 3.79. The molecule has 0 amide bonds. The molecule has 0 fully saturated rings. The van der Waals surface area contributed by atoms with E-state index < -0.39 is 0 Å². The summed E-state index contributed by atoms with van der Waals surface area (Å²) in [7, 11) is 0. The lowest BCUT2D eigenvalue weighted by molar-refractivity contribution is 0.138. The third-order valence-corrected chi connectivity index (χ3v) is 4.56. The van der Waals surface area contributed by atoms with E-state index >= 15 is 0 Å². The van der Waals surface area contributed by atoms with E-state index in [1.165, 1.54) is 11.1 Å². The first-order chi connectivity index (χ1) is 10.6. The number of hydrogen-bond acceptors (Lipinski definition) is 5. The maximum Gasteiger partial charge on any atom is 0.123 e. The van der Waals surface area contributed by atoms with Gasteiger partial charge in [0, 0.05) is 31.1 Å². The Hall–Kier alpha value is -1.43. The minimum atomic E-state index is -0.105. The zero-order chi connectivity index (χ0) is 15.6. The van der Waals surface area contributed by atoms with Crippen molar-refractivity contribution in [3.63, 3.8) is 0 Å². The molecule has 0 unspecified atom stereocenters. The molecule has 4 nitrogen and oxygen atoms in total. The van der Waals surface area contributed by atoms with Gasteiger partial charge in [-0.2, -0.15) is 0 Å². The van der Waals surface area contributed by atoms with Crippen LogP contribution in [0, 0.1) is 0 Å². The van der Waals surface area contributed by atoms with Crippen LogP contribution < -0.4 is 4.74 Å². The molecule has 22 heavy (non-hydrogen) atoms. The van der Waals surface area contributed by atoms with Gasteiger partial charge in [0.05, 0.1) is 13.2 Å². The summed E-state index contributed by atoms with van der Waals surface area (Å²) in [6, 6.07) is 6.42. The Balaban J connectivity index is 1.71. The average Bonchev–Trinajstić information content (AvgIpc) is 3.04. The molecule has 0 bridgehead atoms. The van der Waals surface area contributed by atoms with Crippen LogP contribution in [0.3, 0.4) is 0 Å². The van der Waals surface area contributed by atoms with Crippen LogP contribution >= 0.6 is 11.3 Å². The Morgan fingerprint density at radius 1 is 1.36 bits per heavy atom. The molecule has 1 aliphatic rings. The SMILES string of the molecule is CC1(C)Cc2cc(CN(CCO)Cc3nccs3)ccc2O1. The topological polar surface area (TPSA) is 45.6 Å². The molecule has 0 spiro atoms. The fraction of sp³-hybridized carbons (Fsp3) is 0.471. The molecule has 118 valence electrons. The van der Waals surface area contributed by atoms with Gasteiger partial charge in [0.25, 0.3) is 0 Å². The molecule has 1 aromatic carbocycles. The smallest absolute Gasteiger partial charge is 0.123 e. The van der Waals surface area contributed by atoms with Crippen LogP contribution in [0.15, 0.2) is 29.8 Å². The second-order valence-corrected chi connectivity index (χ2v) is 7.32. The third kappa shape index (κ3) is 3.66. The van der Waals surface area contributed by atoms with E-state index in [1.54, 1.807) is 11.3 Å². The molecule has 0 radical (unpaired) electrons. The van der Waals surface area contributed by atoms with Gasteiger partial charge in [-0.1, -0.05) is 12.1 Å². The number of rotatable bonds is 6. The van der Waals surface area contributed by atoms with Crippen LogP contribution in [0.1, 0.15) is 30.0 Å². The number of benzene rings is 1. The Morgan fingerprint density at radius 3 is 2.95 bits per heavy atom. The average molecular weight is 318 g/mol. The maximum absolute atomic E-state index is 9.29. The van der Waals surface area contributed by atoms with E-state index in [0.29, 0.717) is 6.54 Å². The molecule has 0 saturated heterocycles. The molecule has 2 aromatic rings. The normalized spacial score (nSPS) is 15.8. The summed E-state index contributed by atoms with van der Waals surface area (Å²) in [5, 5.41) is 12.4. The first-order valence-electron chi connectivity index (χ1n) is 7.58. The van der Waals surface area contributed by atoms with Gasteiger partial charge in [-0.25, -0.2) is 4.98 Å². The van der Waals surface area contributed by atoms with Crippen LogP contribution in [-0.2, 0) is 19.5 Å². The molecule has 1 N–H and O–H groups in total. The van der Waals surface area contributed by atoms with Crippen LogP contribution in [0.4, 0.5) is 0 Å². The van der Waals surface area contributed by atoms with Crippen molar-refractivity contribution < 1.29 is 9.84 Å². The van der Waals surface area contributed by atoms with Crippen molar-refractivity contribution in [2.24, 2.45) is 0 Å². The lowest BCUT2D eigenvalue weighted by Gasteiger charge is -2.20. The monoisotopic (exact) mass is 318 g/mol. The summed E-state index contributed by atoms with van der Waals surface area (Å²) in [4.78, 5) is 6.56. The zero-order valence-electron chi connectivity index (χ0n) is 13.1. The van der Waals surface area contributed by atoms with Crippen molar-refractivity contribution in [2.75, 3.05) is 13.2 Å². The Morgan fingerprint density at radius 2 is 2.23 bits per heavy atom. The van der Waals surface area contributed by atoms with Crippen molar-refractivity contribution in [3.8, 4) is 5.75 Å². The van der Waals surface area contributed by atoms with E-state index in [-0.39, 0.29) is 12.2 Å². The van der Waals surface area contributed by atoms with Crippen molar-refractivity contribution >= 4 is 11.3 Å². The van der Waals surface area contributed by atoms with Crippen LogP contribution in [0.2, 0.25) is 0 Å². The second kappa shape index (κ2) is 6.36. The highest BCUT2D eigenvalue weighted by molar-refractivity contribution is 7.09. The van der Waals surface area contributed by atoms with Gasteiger partial charge in [0.2, 0.25) is 0 Å². The summed E-state index contributed by atoms with van der Waals surface area (Å²) in [5.74, 6) is 1.00. The summed E-state index contributed by atoms with van der Waals surface area (Å²) in [5.41, 5.74) is 2.43. The second-order valence-electron chi connectivity index (χ2n) is 6.34. The van der Waals surface area contributed by atoms with Crippen molar-refractivity contribution in [3.05, 3.63) is 45.9 Å². The molecule has 1 aliphatic heterocycles. The molecular formula is C17H22N2O2S. The molecule has 0 aliphatic carbocycles. The fourth-order valence-corrected chi connectivity index (χ4v) is 3.55. The first-order valence-corrected chi connectivity index (χ1v) is 8.46. The zero-order valence-corrected chi connectivity index (χ0v) is 13.9. The molecule has 0 saturated carbocycles. The number of aromatic nitrogens is 1. The highest BCUT2D eigenvalue weighted by atomic mass is 32.1. The minimum Gasteiger partial charge on any atom is -0.487 e. The van der Waals surface area contributed by atoms with E-state index in [4.69, 9.17) is 4.74 Å². The number of ether oxygens (including phenoxy) is 1. The largest absolute Gasteiger partial charge is 0.487 e. The Kier molecular flexibility index (Phi) is 4.47. The van der Waals surface area contributed by atoms with E-state index in [9.17, 15) is 5.11 Å². The minimum absolute atomic E-state index is 0.105. The van der Waals surface area contributed by atoms with Gasteiger partial charge < -0.3 is 9.84 Å². The fourth-order valence-electron chi connectivity index (χ4n) is 2.90. The van der Waals surface area contributed by atoms with Gasteiger partial charge in [-0.05, 0) is 31.0 Å². The number of aliphatic hydroxyl groups excluding tert-OH is 1. The van der Waals surface area contributed by atoms with Gasteiger partial charge in [0.15, 0.2) is 0 Å². The van der Waals surface area contributed by atoms with Gasteiger partial charge >= 0.3 is 0 Å². The first kappa shape index (κ1) is 15.5. The van der Waals surface area contributed by atoms with E-state index in [2.05, 4.69) is 41.9 Å². The molecule has 0 atom stereocenters. The lowest BCUT2D eigenvalue weighted by atomic mass is 10.00. The predicted molar refractivity (Wildman–Crippen MR) is 88.2 cm³/mol. The van der Waals surface area contributed by atoms with Crippen molar-refractivity contribution in [1.82, 2.24) is 9.88 Å². The number of nitrogens with zero attached hydrogens (tertiary/aromatic N) is 2. The number of aliphatic hydroxyl groups is 1. The van der Waals surface area contributed by atoms with E-state index in [1.807, 2.05) is 11.6 Å². The molecule has 5 heteroatoms. The van der Waals surface area contributed by atoms with Crippen LogP contribution in [-0.4, -0.2) is 33.7 Å². The summed E-state index contributed by atoms with van der Waals surface area (Å²) in [6.07, 6.45) is 2.77. The van der Waals surface area contributed by atoms with Crippen LogP contribution in [0.5, 0.6) is 5.75 Å². The van der Waals surface area contributed by atoms with Gasteiger partial charge in [-0.15, -0.1) is 11.3 Å². The lowest BCUT2D eigenvalue weighted by Crippen LogP contribution is -2.26. The maximum atomic E-state index is 9.29. The summed E-state index contributed by atoms with van der Waals surface area (Å²) in [6.45, 7) is 6.64. The predicted octanol–water partition coefficient (Wildman–Crippen LogP) is 2.85. The van der Waals surface area contributed by atoms with Gasteiger partial charge in [0.1, 0.15) is 16.4 Å². The molecule has 1 aromatic heterocycles. The number of fused-ring (bicyclic) bond motifs is 1. The number of thiazole rings is 1. The van der Waals surface area contributed by atoms with Crippen molar-refractivity contribution in [2.45, 2.75) is 39.0 Å². The van der Waals surface area contributed by atoms with E-state index in [0.717, 1.165) is 30.3 Å². The molecule has 2 heterocycles. The highest BCUT2D eigenvalue weighted by Gasteiger charge is 2.29. The molecular weight excluding hydrogens is 296 g/mol. The van der Waals surface area contributed by atoms with Crippen molar-refractivity contribution in [1.29, 1.82) is 0 Å². The summed E-state index contributed by atoms with van der Waals surface area (Å²) >= 11 is 1.65. The summed E-state index contributed by atoms with van der Waals surface area (Å²) < 4.78 is 5.93. The Bertz CT molecular complexity index is 626. The molecule has 3 rings (SSSR count). The quantitative estimate of drug-likeness (QED) is 0.889. The van der Waals surface area contributed by atoms with Crippen LogP contribution in [0.25, 0.3) is 0 Å². The standard InChI is InChI=1S/C17H22N2O2S/c1-17(2)10-14-9-13(3-4-15(14)21-17)11-19(6-7-20)12-16-18-5-8-22-16/h3-5,8-9,20H,6-7,10-12H2,1-2H3. The van der Waals surface area contributed by atoms with Gasteiger partial charge in [-0.3, -0.25) is 4.90 Å².